The van der Waals surface area contributed by atoms with Crippen molar-refractivity contribution in [1.82, 2.24) is 0 Å². The molecule has 0 bridgehead atoms. The summed E-state index contributed by atoms with van der Waals surface area (Å²) in [6, 6.07) is 24.9. The van der Waals surface area contributed by atoms with Gasteiger partial charge in [0.05, 0.1) is 16.9 Å². The molecule has 0 amide bonds. The fraction of sp³-hybridized carbons (Fsp3) is 0. The summed E-state index contributed by atoms with van der Waals surface area (Å²) >= 11 is 1.64. The average Bonchev–Trinajstić information content (AvgIpc) is 2.58. The molecule has 0 aliphatic heterocycles. The van der Waals surface area contributed by atoms with E-state index < -0.39 is 5.97 Å². The van der Waals surface area contributed by atoms with Crippen molar-refractivity contribution in [1.29, 1.82) is 0 Å². The van der Waals surface area contributed by atoms with Crippen molar-refractivity contribution >= 4 is 29.1 Å². The molecule has 0 aromatic heterocycles. The summed E-state index contributed by atoms with van der Waals surface area (Å²) in [5, 5.41) is 12.5. The first-order valence-electron chi connectivity index (χ1n) is 7.15. The number of carboxylic acid groups (broad SMARTS) is 1. The molecule has 0 saturated carbocycles. The molecule has 0 aliphatic carbocycles. The second-order valence-corrected chi connectivity index (χ2v) is 6.00. The van der Waals surface area contributed by atoms with E-state index in [2.05, 4.69) is 5.32 Å². The highest BCUT2D eigenvalue weighted by molar-refractivity contribution is 7.99. The Balaban J connectivity index is 1.91. The highest BCUT2D eigenvalue weighted by Crippen LogP contribution is 2.35. The highest BCUT2D eigenvalue weighted by atomic mass is 32.2. The molecule has 3 aromatic carbocycles. The minimum absolute atomic E-state index is 0.256. The third kappa shape index (κ3) is 3.73. The largest absolute Gasteiger partial charge is 0.478 e. The Kier molecular flexibility index (Phi) is 4.64. The lowest BCUT2D eigenvalue weighted by atomic mass is 10.1. The van der Waals surface area contributed by atoms with Crippen LogP contribution in [-0.2, 0) is 0 Å². The number of aromatic carboxylic acids is 1. The van der Waals surface area contributed by atoms with Gasteiger partial charge in [0.25, 0.3) is 0 Å². The molecule has 3 nitrogen and oxygen atoms in total. The van der Waals surface area contributed by atoms with Gasteiger partial charge in [-0.3, -0.25) is 0 Å². The number of carboxylic acids is 1. The number of anilines is 2. The lowest BCUT2D eigenvalue weighted by Crippen LogP contribution is -2.02. The molecule has 0 unspecified atom stereocenters. The van der Waals surface area contributed by atoms with Crippen LogP contribution in [0.1, 0.15) is 10.4 Å². The van der Waals surface area contributed by atoms with Crippen LogP contribution < -0.4 is 5.32 Å². The predicted molar refractivity (Wildman–Crippen MR) is 93.7 cm³/mol. The van der Waals surface area contributed by atoms with Gasteiger partial charge in [0, 0.05) is 9.79 Å². The predicted octanol–water partition coefficient (Wildman–Crippen LogP) is 5.28. The van der Waals surface area contributed by atoms with Gasteiger partial charge in [0.2, 0.25) is 0 Å². The van der Waals surface area contributed by atoms with Crippen molar-refractivity contribution in [3.05, 3.63) is 84.4 Å². The summed E-state index contributed by atoms with van der Waals surface area (Å²) in [6.07, 6.45) is 0. The summed E-state index contributed by atoms with van der Waals surface area (Å²) in [5.41, 5.74) is 1.73. The maximum Gasteiger partial charge on any atom is 0.337 e. The first kappa shape index (κ1) is 15.2. The number of para-hydroxylation sites is 2. The number of benzene rings is 3. The average molecular weight is 321 g/mol. The quantitative estimate of drug-likeness (QED) is 0.671. The fourth-order valence-corrected chi connectivity index (χ4v) is 3.12. The van der Waals surface area contributed by atoms with E-state index in [1.165, 1.54) is 0 Å². The molecule has 3 rings (SSSR count). The Morgan fingerprint density at radius 2 is 1.39 bits per heavy atom. The van der Waals surface area contributed by atoms with Crippen LogP contribution in [-0.4, -0.2) is 11.1 Å². The normalized spacial score (nSPS) is 10.3. The summed E-state index contributed by atoms with van der Waals surface area (Å²) in [4.78, 5) is 13.5. The first-order valence-corrected chi connectivity index (χ1v) is 7.97. The van der Waals surface area contributed by atoms with E-state index >= 15 is 0 Å². The van der Waals surface area contributed by atoms with Crippen molar-refractivity contribution in [2.75, 3.05) is 5.32 Å². The van der Waals surface area contributed by atoms with Crippen LogP contribution in [0.5, 0.6) is 0 Å². The Hall–Kier alpha value is -2.72. The van der Waals surface area contributed by atoms with Crippen LogP contribution in [0.15, 0.2) is 88.7 Å². The topological polar surface area (TPSA) is 49.3 Å². The summed E-state index contributed by atoms with van der Waals surface area (Å²) in [5.74, 6) is -0.943. The molecule has 114 valence electrons. The number of hydrogen-bond donors (Lipinski definition) is 2. The van der Waals surface area contributed by atoms with Gasteiger partial charge >= 0.3 is 5.97 Å². The molecule has 2 N–H and O–H groups in total. The third-order valence-corrected chi connectivity index (χ3v) is 4.37. The Morgan fingerprint density at radius 3 is 2.13 bits per heavy atom. The van der Waals surface area contributed by atoms with Crippen LogP contribution in [0.3, 0.4) is 0 Å². The highest BCUT2D eigenvalue weighted by Gasteiger charge is 2.11. The lowest BCUT2D eigenvalue weighted by molar-refractivity contribution is 0.0698. The van der Waals surface area contributed by atoms with E-state index in [0.29, 0.717) is 5.69 Å². The van der Waals surface area contributed by atoms with Gasteiger partial charge in [-0.25, -0.2) is 4.79 Å². The fourth-order valence-electron chi connectivity index (χ4n) is 2.20. The van der Waals surface area contributed by atoms with E-state index in [1.807, 2.05) is 60.7 Å². The van der Waals surface area contributed by atoms with Crippen molar-refractivity contribution in [2.45, 2.75) is 9.79 Å². The Bertz CT molecular complexity index is 818. The van der Waals surface area contributed by atoms with Crippen molar-refractivity contribution in [3.8, 4) is 0 Å². The molecule has 0 aliphatic rings. The number of carbonyl (C=O) groups is 1. The second-order valence-electron chi connectivity index (χ2n) is 4.89. The van der Waals surface area contributed by atoms with Gasteiger partial charge in [-0.05, 0) is 36.4 Å². The van der Waals surface area contributed by atoms with Gasteiger partial charge in [-0.15, -0.1) is 0 Å². The standard InChI is InChI=1S/C19H15NO2S/c21-19(22)15-10-4-5-11-16(15)20-17-12-6-7-13-18(17)23-14-8-2-1-3-9-14/h1-13,20H,(H,21,22). The van der Waals surface area contributed by atoms with E-state index in [-0.39, 0.29) is 5.56 Å². The molecule has 23 heavy (non-hydrogen) atoms. The molecular formula is C19H15NO2S. The molecule has 0 heterocycles. The van der Waals surface area contributed by atoms with Crippen LogP contribution in [0.2, 0.25) is 0 Å². The lowest BCUT2D eigenvalue weighted by Gasteiger charge is -2.13. The maximum absolute atomic E-state index is 11.3. The van der Waals surface area contributed by atoms with E-state index in [4.69, 9.17) is 0 Å². The van der Waals surface area contributed by atoms with Gasteiger partial charge < -0.3 is 10.4 Å². The zero-order chi connectivity index (χ0) is 16.1. The molecule has 0 fully saturated rings. The van der Waals surface area contributed by atoms with E-state index in [9.17, 15) is 9.90 Å². The summed E-state index contributed by atoms with van der Waals surface area (Å²) in [6.45, 7) is 0. The second kappa shape index (κ2) is 7.03. The number of nitrogens with one attached hydrogen (secondary N) is 1. The molecule has 0 atom stereocenters. The minimum Gasteiger partial charge on any atom is -0.478 e. The van der Waals surface area contributed by atoms with Crippen molar-refractivity contribution in [2.24, 2.45) is 0 Å². The van der Waals surface area contributed by atoms with Crippen molar-refractivity contribution < 1.29 is 9.90 Å². The van der Waals surface area contributed by atoms with E-state index in [0.717, 1.165) is 15.5 Å². The molecule has 0 radical (unpaired) electrons. The SMILES string of the molecule is O=C(O)c1ccccc1Nc1ccccc1Sc1ccccc1. The van der Waals surface area contributed by atoms with Gasteiger partial charge in [-0.2, -0.15) is 0 Å². The van der Waals surface area contributed by atoms with Gasteiger partial charge in [-0.1, -0.05) is 54.2 Å². The van der Waals surface area contributed by atoms with Crippen molar-refractivity contribution in [3.63, 3.8) is 0 Å². The van der Waals surface area contributed by atoms with E-state index in [1.54, 1.807) is 30.0 Å². The molecule has 0 spiro atoms. The van der Waals surface area contributed by atoms with Gasteiger partial charge in [0.15, 0.2) is 0 Å². The minimum atomic E-state index is -0.943. The zero-order valence-corrected chi connectivity index (χ0v) is 13.1. The van der Waals surface area contributed by atoms with Crippen LogP contribution in [0.4, 0.5) is 11.4 Å². The monoisotopic (exact) mass is 321 g/mol. The number of rotatable bonds is 5. The molecule has 0 saturated heterocycles. The zero-order valence-electron chi connectivity index (χ0n) is 12.3. The maximum atomic E-state index is 11.3. The van der Waals surface area contributed by atoms with Gasteiger partial charge in [0.1, 0.15) is 0 Å². The summed E-state index contributed by atoms with van der Waals surface area (Å²) in [7, 11) is 0. The van der Waals surface area contributed by atoms with Crippen LogP contribution >= 0.6 is 11.8 Å². The number of hydrogen-bond acceptors (Lipinski definition) is 3. The van der Waals surface area contributed by atoms with Crippen LogP contribution in [0.25, 0.3) is 0 Å². The summed E-state index contributed by atoms with van der Waals surface area (Å²) < 4.78 is 0. The Morgan fingerprint density at radius 1 is 0.783 bits per heavy atom. The third-order valence-electron chi connectivity index (χ3n) is 3.28. The van der Waals surface area contributed by atoms with Crippen LogP contribution in [0, 0.1) is 0 Å². The first-order chi connectivity index (χ1) is 11.2. The molecular weight excluding hydrogens is 306 g/mol. The smallest absolute Gasteiger partial charge is 0.337 e. The molecule has 3 aromatic rings. The Labute approximate surface area is 139 Å². The molecule has 4 heteroatoms.